The van der Waals surface area contributed by atoms with Crippen LogP contribution in [0.2, 0.25) is 0 Å². The molecule has 0 aromatic heterocycles. The zero-order chi connectivity index (χ0) is 20.4. The Morgan fingerprint density at radius 3 is 2.34 bits per heavy atom. The van der Waals surface area contributed by atoms with E-state index >= 15 is 0 Å². The average molecular weight is 404 g/mol. The molecule has 29 heavy (non-hydrogen) atoms. The SMILES string of the molecule is O=C(C1CC(c2ccccc2)NN1)N1CCN(c2cccc(C(F)(F)F)c2)CC1. The van der Waals surface area contributed by atoms with Gasteiger partial charge in [-0.15, -0.1) is 0 Å². The van der Waals surface area contributed by atoms with Gasteiger partial charge in [-0.2, -0.15) is 13.2 Å². The molecule has 1 amide bonds. The average Bonchev–Trinajstić information content (AvgIpc) is 3.24. The van der Waals surface area contributed by atoms with Crippen LogP contribution in [0, 0.1) is 0 Å². The van der Waals surface area contributed by atoms with Crippen LogP contribution in [0.15, 0.2) is 54.6 Å². The fourth-order valence-corrected chi connectivity index (χ4v) is 3.91. The van der Waals surface area contributed by atoms with Gasteiger partial charge >= 0.3 is 6.18 Å². The van der Waals surface area contributed by atoms with Crippen molar-refractivity contribution in [1.82, 2.24) is 15.8 Å². The highest BCUT2D eigenvalue weighted by Crippen LogP contribution is 2.32. The Balaban J connectivity index is 1.34. The van der Waals surface area contributed by atoms with Crippen LogP contribution >= 0.6 is 0 Å². The number of alkyl halides is 3. The van der Waals surface area contributed by atoms with Crippen LogP contribution < -0.4 is 15.8 Å². The first kappa shape index (κ1) is 19.7. The summed E-state index contributed by atoms with van der Waals surface area (Å²) in [5.74, 6) is 0.0274. The number of hydrogen-bond donors (Lipinski definition) is 2. The Labute approximate surface area is 167 Å². The summed E-state index contributed by atoms with van der Waals surface area (Å²) in [4.78, 5) is 16.5. The number of carbonyl (C=O) groups excluding carboxylic acids is 1. The van der Waals surface area contributed by atoms with Gasteiger partial charge in [0.1, 0.15) is 6.04 Å². The van der Waals surface area contributed by atoms with E-state index in [1.165, 1.54) is 12.1 Å². The van der Waals surface area contributed by atoms with Crippen LogP contribution in [0.3, 0.4) is 0 Å². The number of halogens is 3. The smallest absolute Gasteiger partial charge is 0.368 e. The molecule has 2 fully saturated rings. The van der Waals surface area contributed by atoms with Gasteiger partial charge in [-0.05, 0) is 30.2 Å². The first-order valence-electron chi connectivity index (χ1n) is 9.69. The monoisotopic (exact) mass is 404 g/mol. The predicted molar refractivity (Wildman–Crippen MR) is 104 cm³/mol. The van der Waals surface area contributed by atoms with E-state index in [9.17, 15) is 18.0 Å². The number of amides is 1. The maximum atomic E-state index is 12.9. The first-order valence-corrected chi connectivity index (χ1v) is 9.69. The quantitative estimate of drug-likeness (QED) is 0.826. The Morgan fingerprint density at radius 2 is 1.66 bits per heavy atom. The highest BCUT2D eigenvalue weighted by atomic mass is 19.4. The van der Waals surface area contributed by atoms with Crippen molar-refractivity contribution in [2.75, 3.05) is 31.1 Å². The molecular formula is C21H23F3N4O. The van der Waals surface area contributed by atoms with Crippen molar-refractivity contribution in [1.29, 1.82) is 0 Å². The van der Waals surface area contributed by atoms with E-state index in [0.717, 1.165) is 11.6 Å². The number of anilines is 1. The van der Waals surface area contributed by atoms with Gasteiger partial charge in [0.15, 0.2) is 0 Å². The number of hydrazine groups is 1. The van der Waals surface area contributed by atoms with Crippen LogP contribution in [-0.2, 0) is 11.0 Å². The van der Waals surface area contributed by atoms with Gasteiger partial charge in [-0.25, -0.2) is 10.9 Å². The number of rotatable bonds is 3. The summed E-state index contributed by atoms with van der Waals surface area (Å²) in [5.41, 5.74) is 7.29. The minimum atomic E-state index is -4.36. The zero-order valence-corrected chi connectivity index (χ0v) is 15.8. The van der Waals surface area contributed by atoms with Crippen molar-refractivity contribution < 1.29 is 18.0 Å². The van der Waals surface area contributed by atoms with E-state index < -0.39 is 11.7 Å². The van der Waals surface area contributed by atoms with E-state index in [0.29, 0.717) is 38.3 Å². The number of piperazine rings is 1. The molecule has 2 aliphatic heterocycles. The van der Waals surface area contributed by atoms with Crippen LogP contribution in [0.4, 0.5) is 18.9 Å². The molecule has 0 saturated carbocycles. The van der Waals surface area contributed by atoms with Gasteiger partial charge in [0.05, 0.1) is 5.56 Å². The summed E-state index contributed by atoms with van der Waals surface area (Å²) in [7, 11) is 0. The third-order valence-electron chi connectivity index (χ3n) is 5.53. The van der Waals surface area contributed by atoms with Gasteiger partial charge in [0.2, 0.25) is 5.91 Å². The largest absolute Gasteiger partial charge is 0.416 e. The number of carbonyl (C=O) groups is 1. The fourth-order valence-electron chi connectivity index (χ4n) is 3.91. The second kappa shape index (κ2) is 8.04. The molecule has 2 heterocycles. The van der Waals surface area contributed by atoms with Gasteiger partial charge in [-0.3, -0.25) is 4.79 Å². The van der Waals surface area contributed by atoms with Gasteiger partial charge in [0, 0.05) is 37.9 Å². The maximum Gasteiger partial charge on any atom is 0.416 e. The summed E-state index contributed by atoms with van der Waals surface area (Å²) in [6, 6.07) is 15.1. The van der Waals surface area contributed by atoms with Crippen molar-refractivity contribution >= 4 is 11.6 Å². The Bertz CT molecular complexity index is 851. The minimum Gasteiger partial charge on any atom is -0.368 e. The molecule has 2 aromatic rings. The second-order valence-corrected chi connectivity index (χ2v) is 7.40. The standard InChI is InChI=1S/C21H23F3N4O/c22-21(23,24)16-7-4-8-17(13-16)27-9-11-28(12-10-27)20(29)19-14-18(25-26-19)15-5-2-1-3-6-15/h1-8,13,18-19,25-26H,9-12,14H2. The number of benzene rings is 2. The van der Waals surface area contributed by atoms with E-state index in [4.69, 9.17) is 0 Å². The molecule has 0 aliphatic carbocycles. The molecule has 2 atom stereocenters. The lowest BCUT2D eigenvalue weighted by Crippen LogP contribution is -2.53. The Hall–Kier alpha value is -2.58. The number of nitrogens with one attached hydrogen (secondary N) is 2. The van der Waals surface area contributed by atoms with Crippen molar-refractivity contribution in [2.24, 2.45) is 0 Å². The molecule has 0 spiro atoms. The molecule has 2 N–H and O–H groups in total. The molecular weight excluding hydrogens is 381 g/mol. The third kappa shape index (κ3) is 4.38. The van der Waals surface area contributed by atoms with Crippen molar-refractivity contribution in [3.05, 3.63) is 65.7 Å². The maximum absolute atomic E-state index is 12.9. The molecule has 4 rings (SSSR count). The van der Waals surface area contributed by atoms with E-state index in [-0.39, 0.29) is 18.0 Å². The van der Waals surface area contributed by atoms with Crippen LogP contribution in [0.25, 0.3) is 0 Å². The van der Waals surface area contributed by atoms with Crippen LogP contribution in [-0.4, -0.2) is 43.0 Å². The highest BCUT2D eigenvalue weighted by molar-refractivity contribution is 5.82. The molecule has 5 nitrogen and oxygen atoms in total. The molecule has 2 unspecified atom stereocenters. The summed E-state index contributed by atoms with van der Waals surface area (Å²) in [6.07, 6.45) is -3.69. The lowest BCUT2D eigenvalue weighted by molar-refractivity contribution is -0.137. The Morgan fingerprint density at radius 1 is 0.931 bits per heavy atom. The van der Waals surface area contributed by atoms with Crippen molar-refractivity contribution in [3.8, 4) is 0 Å². The molecule has 8 heteroatoms. The second-order valence-electron chi connectivity index (χ2n) is 7.40. The lowest BCUT2D eigenvalue weighted by Gasteiger charge is -2.37. The normalized spacial score (nSPS) is 22.7. The van der Waals surface area contributed by atoms with E-state index in [1.54, 1.807) is 11.0 Å². The summed E-state index contributed by atoms with van der Waals surface area (Å²) >= 11 is 0. The molecule has 2 aliphatic rings. The van der Waals surface area contributed by atoms with E-state index in [2.05, 4.69) is 10.9 Å². The molecule has 2 aromatic carbocycles. The molecule has 154 valence electrons. The van der Waals surface area contributed by atoms with Gasteiger partial charge in [0.25, 0.3) is 0 Å². The zero-order valence-electron chi connectivity index (χ0n) is 15.8. The Kier molecular flexibility index (Phi) is 5.47. The minimum absolute atomic E-state index is 0.0274. The third-order valence-corrected chi connectivity index (χ3v) is 5.53. The first-order chi connectivity index (χ1) is 13.9. The molecule has 2 saturated heterocycles. The molecule has 0 bridgehead atoms. The number of hydrogen-bond acceptors (Lipinski definition) is 4. The van der Waals surface area contributed by atoms with Crippen molar-refractivity contribution in [3.63, 3.8) is 0 Å². The predicted octanol–water partition coefficient (Wildman–Crippen LogP) is 2.96. The number of nitrogens with zero attached hydrogens (tertiary/aromatic N) is 2. The summed E-state index contributed by atoms with van der Waals surface area (Å²) < 4.78 is 38.8. The van der Waals surface area contributed by atoms with Crippen molar-refractivity contribution in [2.45, 2.75) is 24.7 Å². The topological polar surface area (TPSA) is 47.6 Å². The van der Waals surface area contributed by atoms with Crippen LogP contribution in [0.5, 0.6) is 0 Å². The summed E-state index contributed by atoms with van der Waals surface area (Å²) in [5, 5.41) is 0. The van der Waals surface area contributed by atoms with E-state index in [1.807, 2.05) is 35.2 Å². The van der Waals surface area contributed by atoms with Crippen LogP contribution in [0.1, 0.15) is 23.6 Å². The lowest BCUT2D eigenvalue weighted by atomic mass is 10.0. The molecule has 0 radical (unpaired) electrons. The van der Waals surface area contributed by atoms with Gasteiger partial charge in [-0.1, -0.05) is 36.4 Å². The fraction of sp³-hybridized carbons (Fsp3) is 0.381. The van der Waals surface area contributed by atoms with Gasteiger partial charge < -0.3 is 9.80 Å². The summed E-state index contributed by atoms with van der Waals surface area (Å²) in [6.45, 7) is 2.00. The highest BCUT2D eigenvalue weighted by Gasteiger charge is 2.35.